The van der Waals surface area contributed by atoms with Crippen molar-refractivity contribution in [3.63, 3.8) is 0 Å². The highest BCUT2D eigenvalue weighted by atomic mass is 35.5. The van der Waals surface area contributed by atoms with Gasteiger partial charge in [-0.1, -0.05) is 47.2 Å². The Kier molecular flexibility index (Phi) is 7.16. The van der Waals surface area contributed by atoms with E-state index in [1.807, 2.05) is 0 Å². The largest absolute Gasteiger partial charge is 0.450 e. The van der Waals surface area contributed by atoms with Crippen LogP contribution in [0.4, 0.5) is 11.5 Å². The van der Waals surface area contributed by atoms with Gasteiger partial charge in [-0.25, -0.2) is 4.79 Å². The van der Waals surface area contributed by atoms with Crippen LogP contribution >= 0.6 is 34.8 Å². The monoisotopic (exact) mass is 519 g/mol. The van der Waals surface area contributed by atoms with Gasteiger partial charge in [0, 0.05) is 26.8 Å². The quantitative estimate of drug-likeness (QED) is 0.443. The molecule has 12 heteroatoms. The first-order valence-electron chi connectivity index (χ1n) is 10.5. The van der Waals surface area contributed by atoms with Gasteiger partial charge in [0.15, 0.2) is 0 Å². The molecule has 0 fully saturated rings. The van der Waals surface area contributed by atoms with E-state index in [4.69, 9.17) is 47.4 Å². The van der Waals surface area contributed by atoms with Crippen molar-refractivity contribution in [1.29, 1.82) is 0 Å². The van der Waals surface area contributed by atoms with E-state index >= 15 is 0 Å². The highest BCUT2D eigenvalue weighted by Crippen LogP contribution is 2.39. The minimum atomic E-state index is -0.813. The van der Waals surface area contributed by atoms with Gasteiger partial charge in [-0.15, -0.1) is 0 Å². The van der Waals surface area contributed by atoms with Crippen LogP contribution in [0.25, 0.3) is 0 Å². The molecule has 34 heavy (non-hydrogen) atoms. The second kappa shape index (κ2) is 9.94. The van der Waals surface area contributed by atoms with Crippen molar-refractivity contribution in [2.75, 3.05) is 16.8 Å². The fourth-order valence-corrected chi connectivity index (χ4v) is 4.38. The zero-order chi connectivity index (χ0) is 24.6. The van der Waals surface area contributed by atoms with Gasteiger partial charge in [0.05, 0.1) is 30.1 Å². The van der Waals surface area contributed by atoms with Crippen LogP contribution in [0.2, 0.25) is 21.4 Å². The zero-order valence-corrected chi connectivity index (χ0v) is 20.8. The van der Waals surface area contributed by atoms with Crippen molar-refractivity contribution in [3.05, 3.63) is 78.1 Å². The van der Waals surface area contributed by atoms with Crippen LogP contribution in [-0.2, 0) is 20.1 Å². The summed E-state index contributed by atoms with van der Waals surface area (Å²) in [5.41, 5.74) is 0.0884. The van der Waals surface area contributed by atoms with Crippen molar-refractivity contribution < 1.29 is 4.74 Å². The molecule has 3 aromatic rings. The van der Waals surface area contributed by atoms with Gasteiger partial charge in [0.2, 0.25) is 0 Å². The number of rotatable bonds is 7. The number of anilines is 2. The lowest BCUT2D eigenvalue weighted by Gasteiger charge is -2.30. The van der Waals surface area contributed by atoms with Gasteiger partial charge in [0.1, 0.15) is 22.3 Å². The van der Waals surface area contributed by atoms with Gasteiger partial charge in [0.25, 0.3) is 11.9 Å². The molecule has 2 radical (unpaired) electrons. The minimum absolute atomic E-state index is 0.206. The molecule has 0 saturated carbocycles. The summed E-state index contributed by atoms with van der Waals surface area (Å²) in [7, 11) is 8.97. The molecule has 1 aromatic carbocycles. The van der Waals surface area contributed by atoms with E-state index in [2.05, 4.69) is 4.98 Å². The Balaban J connectivity index is 1.86. The first-order chi connectivity index (χ1) is 16.2. The zero-order valence-electron chi connectivity index (χ0n) is 18.5. The molecule has 0 amide bonds. The van der Waals surface area contributed by atoms with Crippen LogP contribution in [0.15, 0.2) is 46.1 Å². The number of nitrogens with zero attached hydrogens (tertiary/aromatic N) is 5. The number of ether oxygens (including phenoxy) is 1. The lowest BCUT2D eigenvalue weighted by atomic mass is 10.0. The Morgan fingerprint density at radius 2 is 1.88 bits per heavy atom. The lowest BCUT2D eigenvalue weighted by molar-refractivity contribution is 0.201. The number of hydrogen-bond donors (Lipinski definition) is 0. The molecule has 8 nitrogen and oxygen atoms in total. The van der Waals surface area contributed by atoms with Gasteiger partial charge >= 0.3 is 5.69 Å². The highest BCUT2D eigenvalue weighted by Gasteiger charge is 2.41. The molecule has 2 aromatic heterocycles. The Morgan fingerprint density at radius 3 is 2.56 bits per heavy atom. The number of halogens is 3. The van der Waals surface area contributed by atoms with Crippen LogP contribution in [0, 0.1) is 0 Å². The number of hydrogen-bond acceptors (Lipinski definition) is 6. The molecular weight excluding hydrogens is 499 g/mol. The molecule has 3 heterocycles. The fourth-order valence-electron chi connectivity index (χ4n) is 3.93. The standard InChI is InChI=1S/C22H21BCl3N5O3/c1-28-19-18(20(32)30(21(28)33)10-4-9-23)31(12-14-8-7-13(24)11-27-14)22(29(19)2)34-16-6-3-5-15(25)17(16)26/h3,5-8,11,22H,4,9-10,12H2,1-2H3. The third kappa shape index (κ3) is 4.40. The van der Waals surface area contributed by atoms with Crippen molar-refractivity contribution >= 4 is 54.2 Å². The second-order valence-corrected chi connectivity index (χ2v) is 9.04. The smallest absolute Gasteiger partial charge is 0.332 e. The maximum atomic E-state index is 13.6. The minimum Gasteiger partial charge on any atom is -0.450 e. The number of pyridine rings is 1. The summed E-state index contributed by atoms with van der Waals surface area (Å²) < 4.78 is 8.88. The Morgan fingerprint density at radius 1 is 1.12 bits per heavy atom. The first kappa shape index (κ1) is 24.5. The lowest BCUT2D eigenvalue weighted by Crippen LogP contribution is -2.46. The van der Waals surface area contributed by atoms with E-state index in [0.29, 0.717) is 45.7 Å². The molecule has 0 bridgehead atoms. The van der Waals surface area contributed by atoms with Crippen LogP contribution in [0.5, 0.6) is 5.75 Å². The topological polar surface area (TPSA) is 72.6 Å². The number of fused-ring (bicyclic) bond motifs is 1. The van der Waals surface area contributed by atoms with E-state index in [-0.39, 0.29) is 18.1 Å². The van der Waals surface area contributed by atoms with Crippen molar-refractivity contribution in [2.24, 2.45) is 7.05 Å². The Bertz CT molecular complexity index is 1330. The van der Waals surface area contributed by atoms with Crippen molar-refractivity contribution in [2.45, 2.75) is 32.2 Å². The average molecular weight is 521 g/mol. The average Bonchev–Trinajstić information content (AvgIpc) is 3.08. The van der Waals surface area contributed by atoms with E-state index in [1.54, 1.807) is 54.2 Å². The molecule has 1 atom stereocenters. The first-order valence-corrected chi connectivity index (χ1v) is 11.6. The van der Waals surface area contributed by atoms with Gasteiger partial charge in [-0.05, 0) is 30.7 Å². The van der Waals surface area contributed by atoms with Crippen LogP contribution in [0.1, 0.15) is 12.1 Å². The summed E-state index contributed by atoms with van der Waals surface area (Å²) in [5, 5.41) is 1.07. The number of aromatic nitrogens is 3. The molecule has 1 unspecified atom stereocenters. The van der Waals surface area contributed by atoms with E-state index in [9.17, 15) is 9.59 Å². The maximum absolute atomic E-state index is 13.6. The summed E-state index contributed by atoms with van der Waals surface area (Å²) in [6.07, 6.45) is 1.55. The van der Waals surface area contributed by atoms with Gasteiger partial charge in [-0.3, -0.25) is 18.9 Å². The Labute approximate surface area is 212 Å². The molecule has 0 aliphatic carbocycles. The summed E-state index contributed by atoms with van der Waals surface area (Å²) in [6, 6.07) is 8.53. The molecule has 0 N–H and O–H groups in total. The summed E-state index contributed by atoms with van der Waals surface area (Å²) in [4.78, 5) is 34.4. The third-order valence-corrected chi connectivity index (χ3v) is 6.59. The van der Waals surface area contributed by atoms with Crippen molar-refractivity contribution in [3.8, 4) is 5.75 Å². The second-order valence-electron chi connectivity index (χ2n) is 7.82. The molecule has 4 rings (SSSR count). The van der Waals surface area contributed by atoms with E-state index < -0.39 is 17.6 Å². The van der Waals surface area contributed by atoms with Crippen LogP contribution in [-0.4, -0.2) is 35.4 Å². The predicted molar refractivity (Wildman–Crippen MR) is 136 cm³/mol. The summed E-state index contributed by atoms with van der Waals surface area (Å²) in [6.45, 7) is 0.416. The van der Waals surface area contributed by atoms with E-state index in [1.165, 1.54) is 15.3 Å². The fraction of sp³-hybridized carbons (Fsp3) is 0.318. The van der Waals surface area contributed by atoms with Gasteiger partial charge in [-0.2, -0.15) is 0 Å². The molecule has 0 saturated heterocycles. The van der Waals surface area contributed by atoms with Crippen LogP contribution < -0.4 is 25.8 Å². The maximum Gasteiger partial charge on any atom is 0.332 e. The van der Waals surface area contributed by atoms with E-state index in [0.717, 1.165) is 0 Å². The predicted octanol–water partition coefficient (Wildman–Crippen LogP) is 3.70. The molecule has 0 spiro atoms. The molecular formula is C22H21BCl3N5O3. The normalized spacial score (nSPS) is 15.0. The number of benzene rings is 1. The molecule has 176 valence electrons. The third-order valence-electron chi connectivity index (χ3n) is 5.57. The Hall–Kier alpha value is -2.62. The molecule has 1 aliphatic heterocycles. The summed E-state index contributed by atoms with van der Waals surface area (Å²) in [5.74, 6) is 0.748. The molecule has 1 aliphatic rings. The SMILES string of the molecule is [B]CCCn1c(=O)c2c(n(C)c1=O)N(C)C(Oc1cccc(Cl)c1Cl)N2Cc1ccc(Cl)cn1. The van der Waals surface area contributed by atoms with Gasteiger partial charge < -0.3 is 14.5 Å². The summed E-state index contributed by atoms with van der Waals surface area (Å²) >= 11 is 18.5. The van der Waals surface area contributed by atoms with Crippen molar-refractivity contribution in [1.82, 2.24) is 14.1 Å². The highest BCUT2D eigenvalue weighted by molar-refractivity contribution is 6.42. The van der Waals surface area contributed by atoms with Crippen LogP contribution in [0.3, 0.4) is 0 Å².